The maximum absolute atomic E-state index is 12.3. The lowest BCUT2D eigenvalue weighted by Gasteiger charge is -2.29. The summed E-state index contributed by atoms with van der Waals surface area (Å²) in [6.45, 7) is 4.81. The number of hydrogen-bond donors (Lipinski definition) is 2. The van der Waals surface area contributed by atoms with Crippen molar-refractivity contribution in [2.45, 2.75) is 32.7 Å². The van der Waals surface area contributed by atoms with Crippen LogP contribution in [-0.4, -0.2) is 43.4 Å². The third-order valence-corrected chi connectivity index (χ3v) is 3.94. The number of amides is 1. The van der Waals surface area contributed by atoms with Gasteiger partial charge in [0.2, 0.25) is 5.91 Å². The van der Waals surface area contributed by atoms with Crippen LogP contribution in [0.3, 0.4) is 0 Å². The van der Waals surface area contributed by atoms with Gasteiger partial charge in [0.25, 0.3) is 0 Å². The Bertz CT molecular complexity index is 527. The Morgan fingerprint density at radius 2 is 2.05 bits per heavy atom. The largest absolute Gasteiger partial charge is 0.356 e. The van der Waals surface area contributed by atoms with E-state index in [0.29, 0.717) is 12.5 Å². The molecule has 0 fully saturated rings. The molecule has 1 heterocycles. The summed E-state index contributed by atoms with van der Waals surface area (Å²) in [5.74, 6) is 0.812. The van der Waals surface area contributed by atoms with E-state index in [-0.39, 0.29) is 12.5 Å². The zero-order valence-corrected chi connectivity index (χ0v) is 13.6. The lowest BCUT2D eigenvalue weighted by molar-refractivity contribution is -0.130. The normalized spacial score (nSPS) is 14.5. The first-order valence-corrected chi connectivity index (χ1v) is 8.03. The van der Waals surface area contributed by atoms with Crippen LogP contribution in [0.4, 0.5) is 0 Å². The van der Waals surface area contributed by atoms with Crippen molar-refractivity contribution in [3.8, 4) is 0 Å². The molecule has 2 N–H and O–H groups in total. The predicted molar refractivity (Wildman–Crippen MR) is 89.8 cm³/mol. The van der Waals surface area contributed by atoms with Crippen molar-refractivity contribution in [3.05, 3.63) is 35.4 Å². The number of benzene rings is 1. The lowest BCUT2D eigenvalue weighted by atomic mass is 10.00. The number of nitrogens with one attached hydrogen (secondary N) is 2. The molecule has 1 aliphatic heterocycles. The van der Waals surface area contributed by atoms with Crippen LogP contribution in [0.5, 0.6) is 0 Å². The number of hydrogen-bond acceptors (Lipinski definition) is 2. The Labute approximate surface area is 132 Å². The van der Waals surface area contributed by atoms with Gasteiger partial charge in [-0.25, -0.2) is 0 Å². The highest BCUT2D eigenvalue weighted by Crippen LogP contribution is 2.18. The number of rotatable bonds is 5. The first-order valence-electron chi connectivity index (χ1n) is 8.03. The summed E-state index contributed by atoms with van der Waals surface area (Å²) in [5, 5.41) is 6.31. The van der Waals surface area contributed by atoms with Gasteiger partial charge in [-0.2, -0.15) is 0 Å². The van der Waals surface area contributed by atoms with E-state index in [4.69, 9.17) is 0 Å². The van der Waals surface area contributed by atoms with Gasteiger partial charge >= 0.3 is 0 Å². The van der Waals surface area contributed by atoms with Gasteiger partial charge in [0, 0.05) is 26.7 Å². The highest BCUT2D eigenvalue weighted by atomic mass is 16.2. The van der Waals surface area contributed by atoms with E-state index in [1.807, 2.05) is 11.0 Å². The molecule has 0 aromatic heterocycles. The Morgan fingerprint density at radius 1 is 1.27 bits per heavy atom. The molecule has 0 aliphatic carbocycles. The first-order chi connectivity index (χ1) is 10.7. The molecule has 0 radical (unpaired) electrons. The molecule has 0 saturated heterocycles. The van der Waals surface area contributed by atoms with Crippen molar-refractivity contribution in [2.75, 3.05) is 26.7 Å². The molecule has 0 atom stereocenters. The van der Waals surface area contributed by atoms with E-state index in [2.05, 4.69) is 40.7 Å². The van der Waals surface area contributed by atoms with E-state index in [1.54, 1.807) is 7.05 Å². The molecule has 1 aromatic rings. The Kier molecular flexibility index (Phi) is 6.25. The Morgan fingerprint density at radius 3 is 2.77 bits per heavy atom. The average Bonchev–Trinajstić information content (AvgIpc) is 2.57. The zero-order chi connectivity index (χ0) is 15.8. The lowest BCUT2D eigenvalue weighted by Crippen LogP contribution is -2.46. The highest BCUT2D eigenvalue weighted by molar-refractivity contribution is 5.86. The van der Waals surface area contributed by atoms with Crippen LogP contribution >= 0.6 is 0 Å². The molecule has 2 rings (SSSR count). The molecule has 0 saturated carbocycles. The number of aliphatic imine (C=N–C) groups is 1. The van der Waals surface area contributed by atoms with Gasteiger partial charge in [0.05, 0.1) is 6.54 Å². The van der Waals surface area contributed by atoms with Crippen LogP contribution in [-0.2, 0) is 17.8 Å². The van der Waals surface area contributed by atoms with E-state index >= 15 is 0 Å². The summed E-state index contributed by atoms with van der Waals surface area (Å²) >= 11 is 0. The molecule has 1 aliphatic rings. The van der Waals surface area contributed by atoms with Gasteiger partial charge in [0.15, 0.2) is 5.96 Å². The van der Waals surface area contributed by atoms with Crippen LogP contribution < -0.4 is 10.6 Å². The average molecular weight is 302 g/mol. The topological polar surface area (TPSA) is 56.7 Å². The molecule has 0 spiro atoms. The minimum absolute atomic E-state index is 0.118. The second kappa shape index (κ2) is 8.41. The third kappa shape index (κ3) is 4.48. The van der Waals surface area contributed by atoms with Crippen molar-refractivity contribution < 1.29 is 4.79 Å². The van der Waals surface area contributed by atoms with Crippen LogP contribution in [0.1, 0.15) is 30.9 Å². The zero-order valence-electron chi connectivity index (χ0n) is 13.6. The van der Waals surface area contributed by atoms with E-state index < -0.39 is 0 Å². The smallest absolute Gasteiger partial charge is 0.242 e. The molecular weight excluding hydrogens is 276 g/mol. The minimum Gasteiger partial charge on any atom is -0.356 e. The van der Waals surface area contributed by atoms with Gasteiger partial charge in [-0.3, -0.25) is 9.79 Å². The van der Waals surface area contributed by atoms with E-state index in [0.717, 1.165) is 32.4 Å². The number of nitrogens with zero attached hydrogens (tertiary/aromatic N) is 2. The molecule has 22 heavy (non-hydrogen) atoms. The van der Waals surface area contributed by atoms with Crippen LogP contribution in [0, 0.1) is 0 Å². The molecule has 0 unspecified atom stereocenters. The molecule has 1 aromatic carbocycles. The fraction of sp³-hybridized carbons (Fsp3) is 0.529. The van der Waals surface area contributed by atoms with Crippen molar-refractivity contribution >= 4 is 11.9 Å². The third-order valence-electron chi connectivity index (χ3n) is 3.94. The molecule has 5 heteroatoms. The van der Waals surface area contributed by atoms with Gasteiger partial charge in [-0.15, -0.1) is 0 Å². The van der Waals surface area contributed by atoms with Crippen molar-refractivity contribution in [1.29, 1.82) is 0 Å². The van der Waals surface area contributed by atoms with Gasteiger partial charge in [-0.1, -0.05) is 37.6 Å². The van der Waals surface area contributed by atoms with E-state index in [1.165, 1.54) is 11.1 Å². The molecule has 5 nitrogen and oxygen atoms in total. The van der Waals surface area contributed by atoms with Gasteiger partial charge in [0.1, 0.15) is 0 Å². The van der Waals surface area contributed by atoms with Crippen LogP contribution in [0.15, 0.2) is 29.3 Å². The second-order valence-electron chi connectivity index (χ2n) is 5.54. The number of carbonyl (C=O) groups excluding carboxylic acids is 1. The number of unbranched alkanes of at least 4 members (excludes halogenated alkanes) is 1. The summed E-state index contributed by atoms with van der Waals surface area (Å²) in [5.41, 5.74) is 2.61. The second-order valence-corrected chi connectivity index (χ2v) is 5.54. The number of fused-ring (bicyclic) bond motifs is 1. The highest BCUT2D eigenvalue weighted by Gasteiger charge is 2.20. The quantitative estimate of drug-likeness (QED) is 0.493. The summed E-state index contributed by atoms with van der Waals surface area (Å²) in [4.78, 5) is 18.4. The van der Waals surface area contributed by atoms with Gasteiger partial charge < -0.3 is 15.5 Å². The van der Waals surface area contributed by atoms with Crippen molar-refractivity contribution in [1.82, 2.24) is 15.5 Å². The SMILES string of the molecule is CCCCNC(=NC)NCC(=O)N1CCc2ccccc2C1. The number of carbonyl (C=O) groups is 1. The maximum atomic E-state index is 12.3. The first kappa shape index (κ1) is 16.3. The fourth-order valence-electron chi connectivity index (χ4n) is 2.58. The summed E-state index contributed by atoms with van der Waals surface area (Å²) in [7, 11) is 1.73. The monoisotopic (exact) mass is 302 g/mol. The maximum Gasteiger partial charge on any atom is 0.242 e. The Hall–Kier alpha value is -2.04. The van der Waals surface area contributed by atoms with Crippen molar-refractivity contribution in [2.24, 2.45) is 4.99 Å². The number of guanidine groups is 1. The minimum atomic E-state index is 0.118. The fourth-order valence-corrected chi connectivity index (χ4v) is 2.58. The van der Waals surface area contributed by atoms with Gasteiger partial charge in [-0.05, 0) is 24.0 Å². The predicted octanol–water partition coefficient (Wildman–Crippen LogP) is 1.54. The molecule has 0 bridgehead atoms. The molecule has 1 amide bonds. The van der Waals surface area contributed by atoms with Crippen LogP contribution in [0.2, 0.25) is 0 Å². The van der Waals surface area contributed by atoms with E-state index in [9.17, 15) is 4.79 Å². The molecular formula is C17H26N4O. The standard InChI is InChI=1S/C17H26N4O/c1-3-4-10-19-17(18-2)20-12-16(22)21-11-9-14-7-5-6-8-15(14)13-21/h5-8H,3-4,9-13H2,1-2H3,(H2,18,19,20). The summed E-state index contributed by atoms with van der Waals surface area (Å²) < 4.78 is 0. The van der Waals surface area contributed by atoms with Crippen molar-refractivity contribution in [3.63, 3.8) is 0 Å². The summed E-state index contributed by atoms with van der Waals surface area (Å²) in [6.07, 6.45) is 3.17. The van der Waals surface area contributed by atoms with Crippen LogP contribution in [0.25, 0.3) is 0 Å². The summed E-state index contributed by atoms with van der Waals surface area (Å²) in [6, 6.07) is 8.34. The molecule has 120 valence electrons. The Balaban J connectivity index is 1.80.